The molecular weight excluding hydrogens is 271 g/mol. The average molecular weight is 287 g/mol. The predicted octanol–water partition coefficient (Wildman–Crippen LogP) is 3.48. The Morgan fingerprint density at radius 3 is 2.94 bits per heavy atom. The Balaban J connectivity index is 2.34. The zero-order valence-electron chi connectivity index (χ0n) is 9.56. The summed E-state index contributed by atoms with van der Waals surface area (Å²) in [6.45, 7) is 7.25. The van der Waals surface area contributed by atoms with Crippen molar-refractivity contribution in [3.63, 3.8) is 0 Å². The van der Waals surface area contributed by atoms with E-state index in [1.54, 1.807) is 6.07 Å². The number of hydrogen-bond acceptors (Lipinski definition) is 2. The molecule has 1 heterocycles. The van der Waals surface area contributed by atoms with Crippen molar-refractivity contribution in [1.29, 1.82) is 0 Å². The lowest BCUT2D eigenvalue weighted by molar-refractivity contribution is 0.603. The highest BCUT2D eigenvalue weighted by molar-refractivity contribution is 9.10. The summed E-state index contributed by atoms with van der Waals surface area (Å²) in [4.78, 5) is 2.31. The third-order valence-electron chi connectivity index (χ3n) is 2.66. The summed E-state index contributed by atoms with van der Waals surface area (Å²) >= 11 is 3.24. The number of anilines is 2. The molecule has 0 saturated heterocycles. The van der Waals surface area contributed by atoms with Gasteiger partial charge in [0.15, 0.2) is 0 Å². The van der Waals surface area contributed by atoms with E-state index in [9.17, 15) is 4.39 Å². The van der Waals surface area contributed by atoms with Crippen LogP contribution in [0.1, 0.15) is 13.8 Å². The topological polar surface area (TPSA) is 15.3 Å². The van der Waals surface area contributed by atoms with Crippen LogP contribution < -0.4 is 10.2 Å². The van der Waals surface area contributed by atoms with Crippen LogP contribution in [-0.4, -0.2) is 19.6 Å². The van der Waals surface area contributed by atoms with Crippen LogP contribution in [0.5, 0.6) is 0 Å². The maximum absolute atomic E-state index is 13.4. The van der Waals surface area contributed by atoms with E-state index in [-0.39, 0.29) is 5.82 Å². The molecule has 0 fully saturated rings. The predicted molar refractivity (Wildman–Crippen MR) is 69.6 cm³/mol. The van der Waals surface area contributed by atoms with E-state index in [0.29, 0.717) is 10.4 Å². The zero-order valence-corrected chi connectivity index (χ0v) is 11.1. The number of nitrogens with one attached hydrogen (secondary N) is 1. The van der Waals surface area contributed by atoms with Crippen molar-refractivity contribution in [2.45, 2.75) is 13.8 Å². The van der Waals surface area contributed by atoms with E-state index in [0.717, 1.165) is 31.0 Å². The minimum atomic E-state index is -0.211. The van der Waals surface area contributed by atoms with E-state index in [2.05, 4.69) is 40.0 Å². The van der Waals surface area contributed by atoms with E-state index in [4.69, 9.17) is 0 Å². The molecule has 88 valence electrons. The van der Waals surface area contributed by atoms with Crippen LogP contribution in [0.3, 0.4) is 0 Å². The Hall–Kier alpha value is -0.770. The van der Waals surface area contributed by atoms with Crippen LogP contribution in [0, 0.1) is 11.7 Å². The lowest BCUT2D eigenvalue weighted by Gasteiger charge is -2.33. The molecule has 0 aliphatic carbocycles. The highest BCUT2D eigenvalue weighted by atomic mass is 79.9. The Morgan fingerprint density at radius 2 is 2.25 bits per heavy atom. The molecule has 0 unspecified atom stereocenters. The summed E-state index contributed by atoms with van der Waals surface area (Å²) in [5.41, 5.74) is 1.99. The Morgan fingerprint density at radius 1 is 1.50 bits per heavy atom. The zero-order chi connectivity index (χ0) is 11.7. The van der Waals surface area contributed by atoms with Crippen LogP contribution >= 0.6 is 15.9 Å². The summed E-state index contributed by atoms with van der Waals surface area (Å²) in [6, 6.07) is 3.42. The second-order valence-electron chi connectivity index (χ2n) is 4.55. The summed E-state index contributed by atoms with van der Waals surface area (Å²) in [7, 11) is 0. The first-order chi connectivity index (χ1) is 7.58. The van der Waals surface area contributed by atoms with Crippen LogP contribution in [0.4, 0.5) is 15.8 Å². The number of halogens is 2. The maximum Gasteiger partial charge on any atom is 0.139 e. The molecule has 2 nitrogen and oxygen atoms in total. The number of nitrogens with zero attached hydrogens (tertiary/aromatic N) is 1. The first-order valence-corrected chi connectivity index (χ1v) is 6.35. The molecule has 0 bridgehead atoms. The van der Waals surface area contributed by atoms with Gasteiger partial charge in [0, 0.05) is 25.7 Å². The average Bonchev–Trinajstić information content (AvgIpc) is 2.20. The minimum Gasteiger partial charge on any atom is -0.382 e. The van der Waals surface area contributed by atoms with Gasteiger partial charge >= 0.3 is 0 Å². The lowest BCUT2D eigenvalue weighted by Crippen LogP contribution is -2.36. The molecule has 1 aliphatic rings. The summed E-state index contributed by atoms with van der Waals surface area (Å²) in [5.74, 6) is 0.396. The van der Waals surface area contributed by atoms with Crippen molar-refractivity contribution < 1.29 is 4.39 Å². The molecule has 0 spiro atoms. The quantitative estimate of drug-likeness (QED) is 0.896. The van der Waals surface area contributed by atoms with Gasteiger partial charge in [-0.3, -0.25) is 0 Å². The van der Waals surface area contributed by atoms with Gasteiger partial charge in [-0.25, -0.2) is 4.39 Å². The SMILES string of the molecule is CC(C)CN1CCNc2cc(F)c(Br)cc21. The third kappa shape index (κ3) is 2.32. The maximum atomic E-state index is 13.4. The van der Waals surface area contributed by atoms with Gasteiger partial charge in [0.25, 0.3) is 0 Å². The summed E-state index contributed by atoms with van der Waals surface area (Å²) in [5, 5.41) is 3.23. The van der Waals surface area contributed by atoms with Gasteiger partial charge in [-0.2, -0.15) is 0 Å². The normalized spacial score (nSPS) is 14.9. The van der Waals surface area contributed by atoms with E-state index < -0.39 is 0 Å². The molecule has 1 aromatic carbocycles. The minimum absolute atomic E-state index is 0.211. The smallest absolute Gasteiger partial charge is 0.139 e. The Bertz CT molecular complexity index is 393. The molecule has 0 radical (unpaired) electrons. The van der Waals surface area contributed by atoms with Crippen molar-refractivity contribution in [2.75, 3.05) is 29.9 Å². The standard InChI is InChI=1S/C12H16BrFN2/c1-8(2)7-16-4-3-15-11-6-10(14)9(13)5-12(11)16/h5-6,8,15H,3-4,7H2,1-2H3. The highest BCUT2D eigenvalue weighted by Gasteiger charge is 2.19. The van der Waals surface area contributed by atoms with Crippen LogP contribution in [0.2, 0.25) is 0 Å². The lowest BCUT2D eigenvalue weighted by atomic mass is 10.1. The van der Waals surface area contributed by atoms with Gasteiger partial charge in [-0.1, -0.05) is 13.8 Å². The molecule has 1 aromatic rings. The molecule has 16 heavy (non-hydrogen) atoms. The molecule has 1 aliphatic heterocycles. The first kappa shape index (κ1) is 11.7. The van der Waals surface area contributed by atoms with Gasteiger partial charge < -0.3 is 10.2 Å². The highest BCUT2D eigenvalue weighted by Crippen LogP contribution is 2.34. The molecule has 0 atom stereocenters. The van der Waals surface area contributed by atoms with Crippen molar-refractivity contribution in [3.05, 3.63) is 22.4 Å². The van der Waals surface area contributed by atoms with Gasteiger partial charge in [0.2, 0.25) is 0 Å². The largest absolute Gasteiger partial charge is 0.382 e. The van der Waals surface area contributed by atoms with Gasteiger partial charge in [0.1, 0.15) is 5.82 Å². The fraction of sp³-hybridized carbons (Fsp3) is 0.500. The third-order valence-corrected chi connectivity index (χ3v) is 3.27. The Kier molecular flexibility index (Phi) is 3.38. The summed E-state index contributed by atoms with van der Waals surface area (Å²) < 4.78 is 13.9. The second-order valence-corrected chi connectivity index (χ2v) is 5.40. The number of rotatable bonds is 2. The monoisotopic (exact) mass is 286 g/mol. The van der Waals surface area contributed by atoms with E-state index >= 15 is 0 Å². The second kappa shape index (κ2) is 4.62. The van der Waals surface area contributed by atoms with Gasteiger partial charge in [0.05, 0.1) is 15.8 Å². The van der Waals surface area contributed by atoms with Crippen molar-refractivity contribution in [1.82, 2.24) is 0 Å². The first-order valence-electron chi connectivity index (χ1n) is 5.56. The van der Waals surface area contributed by atoms with Crippen molar-refractivity contribution in [2.24, 2.45) is 5.92 Å². The van der Waals surface area contributed by atoms with E-state index in [1.807, 2.05) is 6.07 Å². The molecule has 4 heteroatoms. The van der Waals surface area contributed by atoms with Crippen LogP contribution in [0.25, 0.3) is 0 Å². The van der Waals surface area contributed by atoms with Crippen molar-refractivity contribution >= 4 is 27.3 Å². The Labute approximate surface area is 104 Å². The van der Waals surface area contributed by atoms with E-state index in [1.165, 1.54) is 0 Å². The number of benzene rings is 1. The molecule has 2 rings (SSSR count). The molecule has 1 N–H and O–H groups in total. The number of fused-ring (bicyclic) bond motifs is 1. The fourth-order valence-corrected chi connectivity index (χ4v) is 2.35. The number of hydrogen-bond donors (Lipinski definition) is 1. The van der Waals surface area contributed by atoms with Crippen molar-refractivity contribution in [3.8, 4) is 0 Å². The van der Waals surface area contributed by atoms with Gasteiger partial charge in [-0.05, 0) is 27.9 Å². The molecule has 0 amide bonds. The molecule has 0 saturated carbocycles. The molecular formula is C12H16BrFN2. The van der Waals surface area contributed by atoms with Crippen LogP contribution in [0.15, 0.2) is 16.6 Å². The summed E-state index contributed by atoms with van der Waals surface area (Å²) in [6.07, 6.45) is 0. The fourth-order valence-electron chi connectivity index (χ4n) is 2.02. The van der Waals surface area contributed by atoms with Crippen LogP contribution in [-0.2, 0) is 0 Å². The molecule has 0 aromatic heterocycles. The van der Waals surface area contributed by atoms with Gasteiger partial charge in [-0.15, -0.1) is 0 Å².